The zero-order valence-electron chi connectivity index (χ0n) is 14.6. The van der Waals surface area contributed by atoms with Gasteiger partial charge in [0.1, 0.15) is 11.3 Å². The second-order valence-electron chi connectivity index (χ2n) is 6.52. The van der Waals surface area contributed by atoms with E-state index in [4.69, 9.17) is 4.74 Å². The van der Waals surface area contributed by atoms with E-state index in [-0.39, 0.29) is 5.91 Å². The van der Waals surface area contributed by atoms with Crippen molar-refractivity contribution in [1.29, 1.82) is 0 Å². The lowest BCUT2D eigenvalue weighted by Gasteiger charge is -2.22. The summed E-state index contributed by atoms with van der Waals surface area (Å²) in [6.07, 6.45) is 5.84. The highest BCUT2D eigenvalue weighted by molar-refractivity contribution is 7.99. The SMILES string of the molecule is COc1ccc2[nH]c3nc(SCC(=O)NC4CCCCC4)nnc3c2c1. The Balaban J connectivity index is 1.45. The van der Waals surface area contributed by atoms with Crippen LogP contribution < -0.4 is 10.1 Å². The number of carbonyl (C=O) groups excluding carboxylic acids is 1. The molecule has 0 spiro atoms. The fraction of sp³-hybridized carbons (Fsp3) is 0.444. The molecule has 0 aliphatic heterocycles. The van der Waals surface area contributed by atoms with Gasteiger partial charge in [0, 0.05) is 16.9 Å². The fourth-order valence-corrected chi connectivity index (χ4v) is 3.97. The first-order valence-corrected chi connectivity index (χ1v) is 9.84. The minimum atomic E-state index is 0.0342. The molecule has 8 heteroatoms. The number of benzene rings is 1. The van der Waals surface area contributed by atoms with Crippen molar-refractivity contribution in [2.75, 3.05) is 12.9 Å². The van der Waals surface area contributed by atoms with E-state index in [0.29, 0.717) is 28.1 Å². The van der Waals surface area contributed by atoms with Crippen molar-refractivity contribution in [1.82, 2.24) is 25.5 Å². The topological polar surface area (TPSA) is 92.8 Å². The lowest BCUT2D eigenvalue weighted by Crippen LogP contribution is -2.37. The van der Waals surface area contributed by atoms with E-state index < -0.39 is 0 Å². The average Bonchev–Trinajstić information content (AvgIpc) is 3.04. The molecule has 1 aliphatic carbocycles. The number of thioether (sulfide) groups is 1. The number of methoxy groups -OCH3 is 1. The maximum absolute atomic E-state index is 12.1. The molecule has 0 saturated heterocycles. The van der Waals surface area contributed by atoms with Crippen LogP contribution in [0.2, 0.25) is 0 Å². The molecule has 0 atom stereocenters. The second-order valence-corrected chi connectivity index (χ2v) is 7.46. The van der Waals surface area contributed by atoms with Crippen molar-refractivity contribution in [2.24, 2.45) is 0 Å². The third-order valence-electron chi connectivity index (χ3n) is 4.70. The molecule has 1 aromatic carbocycles. The van der Waals surface area contributed by atoms with Gasteiger partial charge in [-0.2, -0.15) is 0 Å². The highest BCUT2D eigenvalue weighted by Crippen LogP contribution is 2.27. The summed E-state index contributed by atoms with van der Waals surface area (Å²) >= 11 is 1.31. The van der Waals surface area contributed by atoms with Gasteiger partial charge < -0.3 is 15.0 Å². The molecule has 2 heterocycles. The van der Waals surface area contributed by atoms with Gasteiger partial charge in [0.05, 0.1) is 12.9 Å². The molecule has 2 N–H and O–H groups in total. The monoisotopic (exact) mass is 371 g/mol. The van der Waals surface area contributed by atoms with Crippen LogP contribution >= 0.6 is 11.8 Å². The Bertz CT molecular complexity index is 936. The van der Waals surface area contributed by atoms with E-state index in [1.165, 1.54) is 31.0 Å². The van der Waals surface area contributed by atoms with E-state index in [9.17, 15) is 4.79 Å². The predicted octanol–water partition coefficient (Wildman–Crippen LogP) is 3.06. The first kappa shape index (κ1) is 17.1. The van der Waals surface area contributed by atoms with E-state index >= 15 is 0 Å². The number of rotatable bonds is 5. The average molecular weight is 371 g/mol. The van der Waals surface area contributed by atoms with Crippen molar-refractivity contribution in [2.45, 2.75) is 43.3 Å². The van der Waals surface area contributed by atoms with Crippen molar-refractivity contribution < 1.29 is 9.53 Å². The number of nitrogens with zero attached hydrogens (tertiary/aromatic N) is 3. The normalized spacial score (nSPS) is 15.4. The second kappa shape index (κ2) is 7.49. The third kappa shape index (κ3) is 3.60. The lowest BCUT2D eigenvalue weighted by molar-refractivity contribution is -0.119. The molecule has 0 bridgehead atoms. The molecular formula is C18H21N5O2S. The van der Waals surface area contributed by atoms with Crippen LogP contribution in [0.25, 0.3) is 22.1 Å². The molecular weight excluding hydrogens is 350 g/mol. The van der Waals surface area contributed by atoms with Crippen molar-refractivity contribution in [3.8, 4) is 5.75 Å². The van der Waals surface area contributed by atoms with Gasteiger partial charge in [0.2, 0.25) is 11.1 Å². The van der Waals surface area contributed by atoms with E-state index in [1.807, 2.05) is 18.2 Å². The smallest absolute Gasteiger partial charge is 0.230 e. The van der Waals surface area contributed by atoms with E-state index in [2.05, 4.69) is 25.5 Å². The Labute approximate surface area is 155 Å². The van der Waals surface area contributed by atoms with Crippen LogP contribution in [0.15, 0.2) is 23.4 Å². The number of hydrogen-bond donors (Lipinski definition) is 2. The molecule has 26 heavy (non-hydrogen) atoms. The molecule has 1 aliphatic rings. The largest absolute Gasteiger partial charge is 0.497 e. The standard InChI is InChI=1S/C18H21N5O2S/c1-25-12-7-8-14-13(9-12)16-17(20-14)21-18(23-22-16)26-10-15(24)19-11-5-3-2-4-6-11/h7-9,11H,2-6,10H2,1H3,(H,19,24)(H,20,21,23). The van der Waals surface area contributed by atoms with Crippen LogP contribution in [0.3, 0.4) is 0 Å². The molecule has 0 unspecified atom stereocenters. The first-order valence-electron chi connectivity index (χ1n) is 8.85. The summed E-state index contributed by atoms with van der Waals surface area (Å²) < 4.78 is 5.26. The van der Waals surface area contributed by atoms with E-state index in [1.54, 1.807) is 7.11 Å². The van der Waals surface area contributed by atoms with Gasteiger partial charge in [0.25, 0.3) is 0 Å². The predicted molar refractivity (Wildman–Crippen MR) is 101 cm³/mol. The van der Waals surface area contributed by atoms with Crippen LogP contribution in [0.4, 0.5) is 0 Å². The Kier molecular flexibility index (Phi) is 4.92. The zero-order valence-corrected chi connectivity index (χ0v) is 15.4. The summed E-state index contributed by atoms with van der Waals surface area (Å²) in [7, 11) is 1.63. The van der Waals surface area contributed by atoms with Crippen LogP contribution in [0.1, 0.15) is 32.1 Å². The van der Waals surface area contributed by atoms with Gasteiger partial charge in [-0.05, 0) is 31.0 Å². The zero-order chi connectivity index (χ0) is 17.9. The van der Waals surface area contributed by atoms with Gasteiger partial charge in [-0.3, -0.25) is 4.79 Å². The highest BCUT2D eigenvalue weighted by atomic mass is 32.2. The summed E-state index contributed by atoms with van der Waals surface area (Å²) in [6, 6.07) is 6.05. The Morgan fingerprint density at radius 2 is 2.15 bits per heavy atom. The van der Waals surface area contributed by atoms with Gasteiger partial charge in [-0.25, -0.2) is 4.98 Å². The number of aromatic amines is 1. The van der Waals surface area contributed by atoms with Crippen molar-refractivity contribution in [3.63, 3.8) is 0 Å². The van der Waals surface area contributed by atoms with Crippen LogP contribution in [-0.2, 0) is 4.79 Å². The number of aromatic nitrogens is 4. The number of ether oxygens (including phenoxy) is 1. The van der Waals surface area contributed by atoms with Crippen molar-refractivity contribution >= 4 is 39.7 Å². The number of hydrogen-bond acceptors (Lipinski definition) is 6. The number of carbonyl (C=O) groups is 1. The Morgan fingerprint density at radius 3 is 2.96 bits per heavy atom. The number of amides is 1. The molecule has 7 nitrogen and oxygen atoms in total. The lowest BCUT2D eigenvalue weighted by atomic mass is 9.95. The number of fused-ring (bicyclic) bond motifs is 3. The van der Waals surface area contributed by atoms with E-state index in [0.717, 1.165) is 29.5 Å². The molecule has 136 valence electrons. The molecule has 1 fully saturated rings. The number of H-pyrrole nitrogens is 1. The minimum Gasteiger partial charge on any atom is -0.497 e. The number of nitrogens with one attached hydrogen (secondary N) is 2. The summed E-state index contributed by atoms with van der Waals surface area (Å²) in [5, 5.41) is 13.0. The maximum atomic E-state index is 12.1. The fourth-order valence-electron chi connectivity index (χ4n) is 3.37. The maximum Gasteiger partial charge on any atom is 0.230 e. The Morgan fingerprint density at radius 1 is 1.31 bits per heavy atom. The molecule has 4 rings (SSSR count). The first-order chi connectivity index (χ1) is 12.7. The molecule has 0 radical (unpaired) electrons. The molecule has 1 saturated carbocycles. The summed E-state index contributed by atoms with van der Waals surface area (Å²) in [6.45, 7) is 0. The van der Waals surface area contributed by atoms with Gasteiger partial charge in [-0.1, -0.05) is 31.0 Å². The quantitative estimate of drug-likeness (QED) is 0.670. The highest BCUT2D eigenvalue weighted by Gasteiger charge is 2.16. The molecule has 3 aromatic rings. The summed E-state index contributed by atoms with van der Waals surface area (Å²) in [5.74, 6) is 1.10. The van der Waals surface area contributed by atoms with Crippen LogP contribution in [-0.4, -0.2) is 45.0 Å². The summed E-state index contributed by atoms with van der Waals surface area (Å²) in [4.78, 5) is 19.9. The molecule has 2 aromatic heterocycles. The third-order valence-corrected chi connectivity index (χ3v) is 5.54. The van der Waals surface area contributed by atoms with Gasteiger partial charge in [0.15, 0.2) is 5.65 Å². The van der Waals surface area contributed by atoms with Crippen molar-refractivity contribution in [3.05, 3.63) is 18.2 Å². The summed E-state index contributed by atoms with van der Waals surface area (Å²) in [5.41, 5.74) is 2.30. The van der Waals surface area contributed by atoms with Crippen LogP contribution in [0, 0.1) is 0 Å². The van der Waals surface area contributed by atoms with Gasteiger partial charge in [-0.15, -0.1) is 10.2 Å². The minimum absolute atomic E-state index is 0.0342. The Hall–Kier alpha value is -2.35. The van der Waals surface area contributed by atoms with Crippen LogP contribution in [0.5, 0.6) is 5.75 Å². The molecule has 1 amide bonds. The van der Waals surface area contributed by atoms with Gasteiger partial charge >= 0.3 is 0 Å².